The summed E-state index contributed by atoms with van der Waals surface area (Å²) in [4.78, 5) is 16.1. The van der Waals surface area contributed by atoms with Gasteiger partial charge < -0.3 is 5.32 Å². The fourth-order valence-corrected chi connectivity index (χ4v) is 2.14. The second-order valence-electron chi connectivity index (χ2n) is 4.78. The standard InChI is InChI=1S/C13H16F2N2O/c1-9-3-2-4-11(16-9)17-12(18)10-5-7-13(14,15)8-6-10/h2-4,10H,5-8H2,1H3,(H,16,17,18). The third-order valence-corrected chi connectivity index (χ3v) is 3.23. The minimum absolute atomic E-state index is 0.202. The van der Waals surface area contributed by atoms with Gasteiger partial charge in [0.1, 0.15) is 5.82 Å². The van der Waals surface area contributed by atoms with Crippen molar-refractivity contribution >= 4 is 11.7 Å². The van der Waals surface area contributed by atoms with E-state index in [4.69, 9.17) is 0 Å². The molecule has 1 saturated carbocycles. The molecule has 1 N–H and O–H groups in total. The van der Waals surface area contributed by atoms with E-state index in [1.165, 1.54) is 0 Å². The Morgan fingerprint density at radius 3 is 2.67 bits per heavy atom. The van der Waals surface area contributed by atoms with Gasteiger partial charge in [-0.3, -0.25) is 4.79 Å². The van der Waals surface area contributed by atoms with Crippen LogP contribution in [0.25, 0.3) is 0 Å². The third kappa shape index (κ3) is 3.24. The van der Waals surface area contributed by atoms with Crippen molar-refractivity contribution in [3.05, 3.63) is 23.9 Å². The summed E-state index contributed by atoms with van der Waals surface area (Å²) < 4.78 is 26.0. The summed E-state index contributed by atoms with van der Waals surface area (Å²) in [5.41, 5.74) is 0.808. The monoisotopic (exact) mass is 254 g/mol. The van der Waals surface area contributed by atoms with Gasteiger partial charge in [-0.15, -0.1) is 0 Å². The molecule has 1 aliphatic rings. The number of rotatable bonds is 2. The summed E-state index contributed by atoms with van der Waals surface area (Å²) in [6.07, 6.45) is 0.0773. The third-order valence-electron chi connectivity index (χ3n) is 3.23. The first-order chi connectivity index (χ1) is 8.46. The maximum Gasteiger partial charge on any atom is 0.248 e. The molecule has 3 nitrogen and oxygen atoms in total. The Hall–Kier alpha value is -1.52. The van der Waals surface area contributed by atoms with Gasteiger partial charge in [0.05, 0.1) is 0 Å². The molecule has 2 rings (SSSR count). The van der Waals surface area contributed by atoms with Gasteiger partial charge >= 0.3 is 0 Å². The van der Waals surface area contributed by atoms with Crippen LogP contribution in [0.1, 0.15) is 31.4 Å². The number of aromatic nitrogens is 1. The quantitative estimate of drug-likeness (QED) is 0.880. The zero-order valence-corrected chi connectivity index (χ0v) is 10.2. The van der Waals surface area contributed by atoms with Crippen LogP contribution in [-0.2, 0) is 4.79 Å². The smallest absolute Gasteiger partial charge is 0.248 e. The largest absolute Gasteiger partial charge is 0.310 e. The van der Waals surface area contributed by atoms with Gasteiger partial charge in [0.2, 0.25) is 11.8 Å². The predicted octanol–water partition coefficient (Wildman–Crippen LogP) is 3.15. The van der Waals surface area contributed by atoms with Gasteiger partial charge in [-0.2, -0.15) is 0 Å². The van der Waals surface area contributed by atoms with Crippen LogP contribution in [0.3, 0.4) is 0 Å². The molecule has 0 unspecified atom stereocenters. The Morgan fingerprint density at radius 1 is 1.39 bits per heavy atom. The molecule has 1 heterocycles. The van der Waals surface area contributed by atoms with Crippen molar-refractivity contribution in [1.29, 1.82) is 0 Å². The number of carbonyl (C=O) groups is 1. The summed E-state index contributed by atoms with van der Waals surface area (Å²) in [5.74, 6) is -2.65. The van der Waals surface area contributed by atoms with Gasteiger partial charge in [0, 0.05) is 24.5 Å². The lowest BCUT2D eigenvalue weighted by atomic mass is 9.86. The predicted molar refractivity (Wildman–Crippen MR) is 64.5 cm³/mol. The number of alkyl halides is 2. The van der Waals surface area contributed by atoms with Crippen LogP contribution in [-0.4, -0.2) is 16.8 Å². The Labute approximate surface area is 105 Å². The highest BCUT2D eigenvalue weighted by molar-refractivity contribution is 5.91. The molecule has 1 fully saturated rings. The number of anilines is 1. The van der Waals surface area contributed by atoms with Crippen molar-refractivity contribution in [3.63, 3.8) is 0 Å². The number of carbonyl (C=O) groups excluding carboxylic acids is 1. The highest BCUT2D eigenvalue weighted by Crippen LogP contribution is 2.36. The number of hydrogen-bond acceptors (Lipinski definition) is 2. The molecule has 0 aromatic carbocycles. The van der Waals surface area contributed by atoms with Gasteiger partial charge in [-0.05, 0) is 31.9 Å². The van der Waals surface area contributed by atoms with Crippen LogP contribution in [0, 0.1) is 12.8 Å². The molecule has 0 aliphatic heterocycles. The lowest BCUT2D eigenvalue weighted by Gasteiger charge is -2.27. The van der Waals surface area contributed by atoms with Crippen molar-refractivity contribution in [3.8, 4) is 0 Å². The van der Waals surface area contributed by atoms with Crippen molar-refractivity contribution in [1.82, 2.24) is 4.98 Å². The molecule has 0 bridgehead atoms. The normalized spacial score (nSPS) is 19.5. The molecule has 18 heavy (non-hydrogen) atoms. The molecule has 1 aromatic rings. The molecule has 0 spiro atoms. The number of nitrogens with zero attached hydrogens (tertiary/aromatic N) is 1. The second-order valence-corrected chi connectivity index (χ2v) is 4.78. The molecule has 5 heteroatoms. The van der Waals surface area contributed by atoms with Crippen molar-refractivity contribution in [2.24, 2.45) is 5.92 Å². The van der Waals surface area contributed by atoms with Gasteiger partial charge in [0.15, 0.2) is 0 Å². The van der Waals surface area contributed by atoms with Crippen LogP contribution in [0.15, 0.2) is 18.2 Å². The summed E-state index contributed by atoms with van der Waals surface area (Å²) in [6.45, 7) is 1.83. The van der Waals surface area contributed by atoms with E-state index in [1.54, 1.807) is 12.1 Å². The van der Waals surface area contributed by atoms with Crippen LogP contribution < -0.4 is 5.32 Å². The van der Waals surface area contributed by atoms with Crippen molar-refractivity contribution in [2.45, 2.75) is 38.5 Å². The second kappa shape index (κ2) is 5.00. The summed E-state index contributed by atoms with van der Waals surface area (Å²) in [6, 6.07) is 5.33. The zero-order chi connectivity index (χ0) is 13.2. The number of hydrogen-bond donors (Lipinski definition) is 1. The molecule has 0 saturated heterocycles. The Balaban J connectivity index is 1.93. The Kier molecular flexibility index (Phi) is 3.59. The highest BCUT2D eigenvalue weighted by Gasteiger charge is 2.37. The topological polar surface area (TPSA) is 42.0 Å². The van der Waals surface area contributed by atoms with E-state index in [-0.39, 0.29) is 37.5 Å². The number of halogens is 2. The lowest BCUT2D eigenvalue weighted by Crippen LogP contribution is -2.32. The van der Waals surface area contributed by atoms with Gasteiger partial charge in [0.25, 0.3) is 0 Å². The van der Waals surface area contributed by atoms with Crippen LogP contribution >= 0.6 is 0 Å². The molecule has 0 atom stereocenters. The van der Waals surface area contributed by atoms with E-state index in [2.05, 4.69) is 10.3 Å². The molecule has 0 radical (unpaired) electrons. The highest BCUT2D eigenvalue weighted by atomic mass is 19.3. The number of aryl methyl sites for hydroxylation is 1. The number of amides is 1. The van der Waals surface area contributed by atoms with Crippen LogP contribution in [0.2, 0.25) is 0 Å². The van der Waals surface area contributed by atoms with E-state index in [9.17, 15) is 13.6 Å². The molecule has 1 amide bonds. The fourth-order valence-electron chi connectivity index (χ4n) is 2.14. The molecule has 98 valence electrons. The molecule has 1 aromatic heterocycles. The SMILES string of the molecule is Cc1cccc(NC(=O)C2CCC(F)(F)CC2)n1. The summed E-state index contributed by atoms with van der Waals surface area (Å²) >= 11 is 0. The Morgan fingerprint density at radius 2 is 2.06 bits per heavy atom. The van der Waals surface area contributed by atoms with E-state index >= 15 is 0 Å². The molecular weight excluding hydrogens is 238 g/mol. The van der Waals surface area contributed by atoms with Crippen molar-refractivity contribution < 1.29 is 13.6 Å². The maximum atomic E-state index is 13.0. The summed E-state index contributed by atoms with van der Waals surface area (Å²) in [7, 11) is 0. The first kappa shape index (κ1) is 12.9. The van der Waals surface area contributed by atoms with Crippen molar-refractivity contribution in [2.75, 3.05) is 5.32 Å². The average Bonchev–Trinajstić information content (AvgIpc) is 2.28. The van der Waals surface area contributed by atoms with E-state index < -0.39 is 5.92 Å². The van der Waals surface area contributed by atoms with E-state index in [1.807, 2.05) is 13.0 Å². The zero-order valence-electron chi connectivity index (χ0n) is 10.2. The lowest BCUT2D eigenvalue weighted by molar-refractivity contribution is -0.124. The molecule has 1 aliphatic carbocycles. The first-order valence-electron chi connectivity index (χ1n) is 6.09. The van der Waals surface area contributed by atoms with Gasteiger partial charge in [-0.25, -0.2) is 13.8 Å². The average molecular weight is 254 g/mol. The fraction of sp³-hybridized carbons (Fsp3) is 0.538. The minimum Gasteiger partial charge on any atom is -0.310 e. The maximum absolute atomic E-state index is 13.0. The Bertz CT molecular complexity index is 438. The van der Waals surface area contributed by atoms with Crippen LogP contribution in [0.4, 0.5) is 14.6 Å². The minimum atomic E-state index is -2.60. The summed E-state index contributed by atoms with van der Waals surface area (Å²) in [5, 5.41) is 2.68. The van der Waals surface area contributed by atoms with E-state index in [0.29, 0.717) is 5.82 Å². The van der Waals surface area contributed by atoms with Gasteiger partial charge in [-0.1, -0.05) is 6.07 Å². The first-order valence-corrected chi connectivity index (χ1v) is 6.09. The van der Waals surface area contributed by atoms with Crippen LogP contribution in [0.5, 0.6) is 0 Å². The molecular formula is C13H16F2N2O. The number of pyridine rings is 1. The number of nitrogens with one attached hydrogen (secondary N) is 1. The van der Waals surface area contributed by atoms with E-state index in [0.717, 1.165) is 5.69 Å².